The van der Waals surface area contributed by atoms with Crippen LogP contribution in [-0.4, -0.2) is 23.6 Å². The van der Waals surface area contributed by atoms with E-state index in [-0.39, 0.29) is 11.4 Å². The number of rotatable bonds is 4. The molecule has 1 amide bonds. The number of carbonyl (C=O) groups excluding carboxylic acids is 2. The molecule has 106 valence electrons. The molecule has 0 radical (unpaired) electrons. The molecule has 0 saturated heterocycles. The number of carbonyl (C=O) groups is 2. The number of ether oxygens (including phenoxy) is 1. The van der Waals surface area contributed by atoms with Gasteiger partial charge in [0.15, 0.2) is 12.4 Å². The fourth-order valence-corrected chi connectivity index (χ4v) is 1.50. The first-order valence-electron chi connectivity index (χ1n) is 5.99. The normalized spacial score (nSPS) is 9.71. The van der Waals surface area contributed by atoms with Crippen molar-refractivity contribution in [1.29, 1.82) is 5.26 Å². The molecule has 2 rings (SSSR count). The number of hydrogen-bond donors (Lipinski definition) is 1. The highest BCUT2D eigenvalue weighted by molar-refractivity contribution is 5.95. The van der Waals surface area contributed by atoms with Crippen molar-refractivity contribution in [1.82, 2.24) is 5.16 Å². The van der Waals surface area contributed by atoms with Crippen LogP contribution in [0.3, 0.4) is 0 Å². The number of esters is 1. The second-order valence-corrected chi connectivity index (χ2v) is 4.14. The van der Waals surface area contributed by atoms with Crippen LogP contribution in [0, 0.1) is 18.3 Å². The molecule has 2 aromatic rings. The summed E-state index contributed by atoms with van der Waals surface area (Å²) in [6, 6.07) is 9.39. The molecule has 7 nitrogen and oxygen atoms in total. The summed E-state index contributed by atoms with van der Waals surface area (Å²) in [6.45, 7) is 1.25. The minimum absolute atomic E-state index is 0.256. The SMILES string of the molecule is Cc1cc(NC(=O)COC(=O)c2ccc(C#N)cc2)no1. The van der Waals surface area contributed by atoms with Gasteiger partial charge >= 0.3 is 5.97 Å². The maximum absolute atomic E-state index is 11.7. The Balaban J connectivity index is 1.85. The standard InChI is InChI=1S/C14H11N3O4/c1-9-6-12(17-21-9)16-13(18)8-20-14(19)11-4-2-10(7-15)3-5-11/h2-6H,8H2,1H3,(H,16,17,18). The van der Waals surface area contributed by atoms with Crippen LogP contribution in [0.5, 0.6) is 0 Å². The third-order valence-electron chi connectivity index (χ3n) is 2.48. The lowest BCUT2D eigenvalue weighted by molar-refractivity contribution is -0.119. The molecule has 0 saturated carbocycles. The molecule has 1 heterocycles. The molecule has 21 heavy (non-hydrogen) atoms. The van der Waals surface area contributed by atoms with E-state index >= 15 is 0 Å². The highest BCUT2D eigenvalue weighted by atomic mass is 16.5. The maximum Gasteiger partial charge on any atom is 0.338 e. The van der Waals surface area contributed by atoms with Gasteiger partial charge < -0.3 is 14.6 Å². The molecule has 1 aromatic heterocycles. The van der Waals surface area contributed by atoms with E-state index in [1.165, 1.54) is 24.3 Å². The van der Waals surface area contributed by atoms with Gasteiger partial charge in [-0.05, 0) is 31.2 Å². The van der Waals surface area contributed by atoms with E-state index in [4.69, 9.17) is 14.5 Å². The minimum Gasteiger partial charge on any atom is -0.452 e. The Kier molecular flexibility index (Phi) is 4.31. The molecule has 0 bridgehead atoms. The fourth-order valence-electron chi connectivity index (χ4n) is 1.50. The number of amides is 1. The molecule has 0 atom stereocenters. The fraction of sp³-hybridized carbons (Fsp3) is 0.143. The van der Waals surface area contributed by atoms with Gasteiger partial charge in [0.05, 0.1) is 17.2 Å². The van der Waals surface area contributed by atoms with Crippen molar-refractivity contribution in [3.05, 3.63) is 47.2 Å². The van der Waals surface area contributed by atoms with Crippen molar-refractivity contribution in [2.24, 2.45) is 0 Å². The van der Waals surface area contributed by atoms with Crippen molar-refractivity contribution in [3.63, 3.8) is 0 Å². The smallest absolute Gasteiger partial charge is 0.338 e. The number of nitrogens with one attached hydrogen (secondary N) is 1. The van der Waals surface area contributed by atoms with Gasteiger partial charge in [-0.2, -0.15) is 5.26 Å². The lowest BCUT2D eigenvalue weighted by Crippen LogP contribution is -2.21. The first-order chi connectivity index (χ1) is 10.1. The van der Waals surface area contributed by atoms with Crippen LogP contribution in [0.4, 0.5) is 5.82 Å². The van der Waals surface area contributed by atoms with Crippen molar-refractivity contribution >= 4 is 17.7 Å². The van der Waals surface area contributed by atoms with Gasteiger partial charge in [0.25, 0.3) is 5.91 Å². The number of benzene rings is 1. The zero-order valence-corrected chi connectivity index (χ0v) is 11.1. The topological polar surface area (TPSA) is 105 Å². The van der Waals surface area contributed by atoms with Crippen LogP contribution in [0.15, 0.2) is 34.9 Å². The summed E-state index contributed by atoms with van der Waals surface area (Å²) >= 11 is 0. The number of nitriles is 1. The summed E-state index contributed by atoms with van der Waals surface area (Å²) in [6.07, 6.45) is 0. The quantitative estimate of drug-likeness (QED) is 0.856. The number of hydrogen-bond acceptors (Lipinski definition) is 6. The van der Waals surface area contributed by atoms with E-state index in [0.29, 0.717) is 11.3 Å². The van der Waals surface area contributed by atoms with Crippen molar-refractivity contribution in [3.8, 4) is 6.07 Å². The van der Waals surface area contributed by atoms with Crippen molar-refractivity contribution in [2.75, 3.05) is 11.9 Å². The first kappa shape index (κ1) is 14.3. The summed E-state index contributed by atoms with van der Waals surface area (Å²) in [5, 5.41) is 14.7. The van der Waals surface area contributed by atoms with E-state index in [0.717, 1.165) is 0 Å². The van der Waals surface area contributed by atoms with Crippen molar-refractivity contribution < 1.29 is 18.8 Å². The van der Waals surface area contributed by atoms with Crippen LogP contribution < -0.4 is 5.32 Å². The molecule has 1 aromatic carbocycles. The van der Waals surface area contributed by atoms with Crippen LogP contribution in [-0.2, 0) is 9.53 Å². The summed E-state index contributed by atoms with van der Waals surface area (Å²) in [5.74, 6) is -0.358. The second-order valence-electron chi connectivity index (χ2n) is 4.14. The zero-order valence-electron chi connectivity index (χ0n) is 11.1. The van der Waals surface area contributed by atoms with Crippen LogP contribution >= 0.6 is 0 Å². The number of aromatic nitrogens is 1. The Morgan fingerprint density at radius 3 is 2.67 bits per heavy atom. The Bertz CT molecular complexity index is 698. The second kappa shape index (κ2) is 6.34. The Labute approximate surface area is 120 Å². The summed E-state index contributed by atoms with van der Waals surface area (Å²) < 4.78 is 9.63. The predicted octanol–water partition coefficient (Wildman–Crippen LogP) is 1.65. The van der Waals surface area contributed by atoms with Gasteiger partial charge in [0.2, 0.25) is 0 Å². The number of anilines is 1. The van der Waals surface area contributed by atoms with Crippen LogP contribution in [0.2, 0.25) is 0 Å². The van der Waals surface area contributed by atoms with Gasteiger partial charge in [-0.15, -0.1) is 0 Å². The predicted molar refractivity (Wildman–Crippen MR) is 71.3 cm³/mol. The molecule has 0 aliphatic rings. The van der Waals surface area contributed by atoms with Gasteiger partial charge in [-0.3, -0.25) is 4.79 Å². The van der Waals surface area contributed by atoms with E-state index < -0.39 is 18.5 Å². The Morgan fingerprint density at radius 1 is 1.38 bits per heavy atom. The van der Waals surface area contributed by atoms with E-state index in [2.05, 4.69) is 10.5 Å². The maximum atomic E-state index is 11.7. The van der Waals surface area contributed by atoms with Gasteiger partial charge in [-0.25, -0.2) is 4.79 Å². The first-order valence-corrected chi connectivity index (χ1v) is 5.99. The Morgan fingerprint density at radius 2 is 2.10 bits per heavy atom. The molecule has 0 aliphatic heterocycles. The molecule has 0 unspecified atom stereocenters. The summed E-state index contributed by atoms with van der Waals surface area (Å²) in [5.41, 5.74) is 0.699. The highest BCUT2D eigenvalue weighted by Gasteiger charge is 2.11. The average Bonchev–Trinajstić information content (AvgIpc) is 2.90. The van der Waals surface area contributed by atoms with Gasteiger partial charge in [-0.1, -0.05) is 5.16 Å². The molecule has 1 N–H and O–H groups in total. The van der Waals surface area contributed by atoms with Gasteiger partial charge in [0, 0.05) is 6.07 Å². The van der Waals surface area contributed by atoms with E-state index in [1.807, 2.05) is 6.07 Å². The van der Waals surface area contributed by atoms with E-state index in [1.54, 1.807) is 13.0 Å². The lowest BCUT2D eigenvalue weighted by atomic mass is 10.1. The molecule has 0 fully saturated rings. The third kappa shape index (κ3) is 3.91. The third-order valence-corrected chi connectivity index (χ3v) is 2.48. The Hall–Kier alpha value is -3.14. The molecular formula is C14H11N3O4. The minimum atomic E-state index is -0.647. The average molecular weight is 285 g/mol. The number of aryl methyl sites for hydroxylation is 1. The monoisotopic (exact) mass is 285 g/mol. The summed E-state index contributed by atoms with van der Waals surface area (Å²) in [7, 11) is 0. The summed E-state index contributed by atoms with van der Waals surface area (Å²) in [4.78, 5) is 23.2. The molecule has 7 heteroatoms. The van der Waals surface area contributed by atoms with Crippen LogP contribution in [0.25, 0.3) is 0 Å². The number of nitrogens with zero attached hydrogens (tertiary/aromatic N) is 2. The molecule has 0 aliphatic carbocycles. The molecule has 0 spiro atoms. The zero-order chi connectivity index (χ0) is 15.2. The van der Waals surface area contributed by atoms with Gasteiger partial charge in [0.1, 0.15) is 5.76 Å². The molecular weight excluding hydrogens is 274 g/mol. The van der Waals surface area contributed by atoms with E-state index in [9.17, 15) is 9.59 Å². The largest absolute Gasteiger partial charge is 0.452 e. The van der Waals surface area contributed by atoms with Crippen LogP contribution in [0.1, 0.15) is 21.7 Å². The highest BCUT2D eigenvalue weighted by Crippen LogP contribution is 2.07. The lowest BCUT2D eigenvalue weighted by Gasteiger charge is -2.04. The van der Waals surface area contributed by atoms with Crippen molar-refractivity contribution in [2.45, 2.75) is 6.92 Å².